The van der Waals surface area contributed by atoms with Crippen LogP contribution in [0.4, 0.5) is 5.69 Å². The highest BCUT2D eigenvalue weighted by Crippen LogP contribution is 2.24. The lowest BCUT2D eigenvalue weighted by Crippen LogP contribution is -2.48. The van der Waals surface area contributed by atoms with Crippen molar-refractivity contribution in [2.45, 2.75) is 42.7 Å². The summed E-state index contributed by atoms with van der Waals surface area (Å²) < 4.78 is 29.1. The van der Waals surface area contributed by atoms with Gasteiger partial charge in [-0.25, -0.2) is 13.1 Å². The molecule has 0 bridgehead atoms. The molecule has 0 amide bonds. The number of sulfonamides is 1. The Morgan fingerprint density at radius 2 is 1.50 bits per heavy atom. The first-order valence-corrected chi connectivity index (χ1v) is 10.4. The van der Waals surface area contributed by atoms with E-state index in [4.69, 9.17) is 0 Å². The Balaban J connectivity index is 1.74. The van der Waals surface area contributed by atoms with Crippen LogP contribution in [0.15, 0.2) is 64.0 Å². The van der Waals surface area contributed by atoms with Crippen molar-refractivity contribution in [3.8, 4) is 0 Å². The van der Waals surface area contributed by atoms with E-state index >= 15 is 0 Å². The van der Waals surface area contributed by atoms with Gasteiger partial charge in [-0.05, 0) is 49.2 Å². The summed E-state index contributed by atoms with van der Waals surface area (Å²) in [6.07, 6.45) is 3.95. The van der Waals surface area contributed by atoms with Gasteiger partial charge in [-0.15, -0.1) is 0 Å². The van der Waals surface area contributed by atoms with Gasteiger partial charge in [-0.1, -0.05) is 47.0 Å². The van der Waals surface area contributed by atoms with E-state index in [0.717, 1.165) is 35.8 Å². The summed E-state index contributed by atoms with van der Waals surface area (Å²) in [6.45, 7) is 0. The molecule has 4 nitrogen and oxygen atoms in total. The predicted octanol–water partition coefficient (Wildman–Crippen LogP) is 4.15. The number of hydrogen-bond acceptors (Lipinski definition) is 3. The van der Waals surface area contributed by atoms with Crippen LogP contribution in [0.25, 0.3) is 0 Å². The van der Waals surface area contributed by atoms with E-state index in [9.17, 15) is 8.42 Å². The third-order valence-electron chi connectivity index (χ3n) is 4.32. The van der Waals surface area contributed by atoms with Crippen LogP contribution in [0, 0.1) is 0 Å². The fraction of sp³-hybridized carbons (Fsp3) is 0.333. The molecule has 2 atom stereocenters. The number of nitrogens with one attached hydrogen (secondary N) is 2. The van der Waals surface area contributed by atoms with Crippen molar-refractivity contribution >= 4 is 31.6 Å². The number of halogens is 1. The third kappa shape index (κ3) is 4.37. The summed E-state index contributed by atoms with van der Waals surface area (Å²) in [4.78, 5) is 0.318. The summed E-state index contributed by atoms with van der Waals surface area (Å²) in [5.41, 5.74) is 1.01. The lowest BCUT2D eigenvalue weighted by atomic mass is 9.91. The Morgan fingerprint density at radius 1 is 0.875 bits per heavy atom. The summed E-state index contributed by atoms with van der Waals surface area (Å²) in [5, 5.41) is 3.48. The summed E-state index contributed by atoms with van der Waals surface area (Å²) >= 11 is 3.43. The van der Waals surface area contributed by atoms with Gasteiger partial charge in [-0.3, -0.25) is 0 Å². The maximum atomic E-state index is 12.6. The second-order valence-electron chi connectivity index (χ2n) is 6.08. The fourth-order valence-electron chi connectivity index (χ4n) is 3.07. The molecule has 2 aromatic carbocycles. The smallest absolute Gasteiger partial charge is 0.240 e. The molecule has 24 heavy (non-hydrogen) atoms. The molecular formula is C18H21BrN2O2S. The summed E-state index contributed by atoms with van der Waals surface area (Å²) in [5.74, 6) is 0. The van der Waals surface area contributed by atoms with Crippen molar-refractivity contribution in [2.24, 2.45) is 0 Å². The van der Waals surface area contributed by atoms with Gasteiger partial charge in [-0.2, -0.15) is 0 Å². The molecule has 0 radical (unpaired) electrons. The van der Waals surface area contributed by atoms with Gasteiger partial charge in [0, 0.05) is 22.2 Å². The second-order valence-corrected chi connectivity index (χ2v) is 8.71. The molecule has 128 valence electrons. The van der Waals surface area contributed by atoms with E-state index in [-0.39, 0.29) is 12.1 Å². The first-order valence-electron chi connectivity index (χ1n) is 8.14. The Bertz CT molecular complexity index is 763. The van der Waals surface area contributed by atoms with Crippen molar-refractivity contribution < 1.29 is 8.42 Å². The van der Waals surface area contributed by atoms with Gasteiger partial charge >= 0.3 is 0 Å². The van der Waals surface area contributed by atoms with E-state index < -0.39 is 10.0 Å². The van der Waals surface area contributed by atoms with Gasteiger partial charge in [0.2, 0.25) is 10.0 Å². The third-order valence-corrected chi connectivity index (χ3v) is 6.36. The molecule has 1 fully saturated rings. The largest absolute Gasteiger partial charge is 0.381 e. The van der Waals surface area contributed by atoms with Crippen molar-refractivity contribution in [3.63, 3.8) is 0 Å². The van der Waals surface area contributed by atoms with Crippen LogP contribution in [0.2, 0.25) is 0 Å². The topological polar surface area (TPSA) is 58.2 Å². The predicted molar refractivity (Wildman–Crippen MR) is 101 cm³/mol. The van der Waals surface area contributed by atoms with E-state index in [1.165, 1.54) is 0 Å². The molecule has 1 aliphatic carbocycles. The average Bonchev–Trinajstić information content (AvgIpc) is 2.59. The van der Waals surface area contributed by atoms with Crippen molar-refractivity contribution in [1.29, 1.82) is 0 Å². The van der Waals surface area contributed by atoms with Crippen LogP contribution in [0.5, 0.6) is 0 Å². The maximum Gasteiger partial charge on any atom is 0.240 e. The molecule has 0 aromatic heterocycles. The molecular weight excluding hydrogens is 388 g/mol. The number of anilines is 1. The first-order chi connectivity index (χ1) is 11.5. The van der Waals surface area contributed by atoms with E-state index in [0.29, 0.717) is 4.90 Å². The monoisotopic (exact) mass is 408 g/mol. The van der Waals surface area contributed by atoms with Crippen LogP contribution < -0.4 is 10.0 Å². The lowest BCUT2D eigenvalue weighted by Gasteiger charge is -2.33. The lowest BCUT2D eigenvalue weighted by molar-refractivity contribution is 0.378. The summed E-state index contributed by atoms with van der Waals surface area (Å²) in [6, 6.07) is 16.5. The van der Waals surface area contributed by atoms with Gasteiger partial charge in [0.1, 0.15) is 0 Å². The highest BCUT2D eigenvalue weighted by molar-refractivity contribution is 9.10. The molecule has 0 spiro atoms. The fourth-order valence-corrected chi connectivity index (χ4v) is 4.67. The van der Waals surface area contributed by atoms with Crippen LogP contribution in [-0.4, -0.2) is 20.5 Å². The first kappa shape index (κ1) is 17.5. The SMILES string of the molecule is O=S(=O)(N[C@@H]1CCCC[C@H]1Nc1ccc(Br)cc1)c1ccccc1. The average molecular weight is 409 g/mol. The summed E-state index contributed by atoms with van der Waals surface area (Å²) in [7, 11) is -3.49. The molecule has 2 aromatic rings. The molecule has 6 heteroatoms. The van der Waals surface area contributed by atoms with E-state index in [2.05, 4.69) is 26.0 Å². The minimum Gasteiger partial charge on any atom is -0.381 e. The molecule has 1 aliphatic rings. The Morgan fingerprint density at radius 3 is 2.17 bits per heavy atom. The van der Waals surface area contributed by atoms with Gasteiger partial charge < -0.3 is 5.32 Å². The normalized spacial score (nSPS) is 21.4. The zero-order valence-corrected chi connectivity index (χ0v) is 15.7. The molecule has 1 saturated carbocycles. The zero-order chi connectivity index (χ0) is 17.0. The van der Waals surface area contributed by atoms with Gasteiger partial charge in [0.25, 0.3) is 0 Å². The van der Waals surface area contributed by atoms with Crippen LogP contribution >= 0.6 is 15.9 Å². The second kappa shape index (κ2) is 7.68. The number of hydrogen-bond donors (Lipinski definition) is 2. The molecule has 0 aliphatic heterocycles. The number of benzene rings is 2. The minimum atomic E-state index is -3.49. The van der Waals surface area contributed by atoms with Crippen molar-refractivity contribution in [2.75, 3.05) is 5.32 Å². The standard InChI is InChI=1S/C18H21BrN2O2S/c19-14-10-12-15(13-11-14)20-17-8-4-5-9-18(17)21-24(22,23)16-6-2-1-3-7-16/h1-3,6-7,10-13,17-18,20-21H,4-5,8-9H2/t17-,18-/m1/s1. The molecule has 3 rings (SSSR count). The van der Waals surface area contributed by atoms with Gasteiger partial charge in [0.05, 0.1) is 4.90 Å². The van der Waals surface area contributed by atoms with Crippen LogP contribution in [0.1, 0.15) is 25.7 Å². The molecule has 0 unspecified atom stereocenters. The highest BCUT2D eigenvalue weighted by Gasteiger charge is 2.29. The molecule has 0 saturated heterocycles. The van der Waals surface area contributed by atoms with Crippen molar-refractivity contribution in [1.82, 2.24) is 4.72 Å². The van der Waals surface area contributed by atoms with E-state index in [1.54, 1.807) is 24.3 Å². The van der Waals surface area contributed by atoms with Crippen LogP contribution in [-0.2, 0) is 10.0 Å². The van der Waals surface area contributed by atoms with Crippen molar-refractivity contribution in [3.05, 3.63) is 59.1 Å². The quantitative estimate of drug-likeness (QED) is 0.780. The zero-order valence-electron chi connectivity index (χ0n) is 13.3. The Labute approximate surface area is 151 Å². The maximum absolute atomic E-state index is 12.6. The van der Waals surface area contributed by atoms with E-state index in [1.807, 2.05) is 30.3 Å². The van der Waals surface area contributed by atoms with Gasteiger partial charge in [0.15, 0.2) is 0 Å². The molecule has 0 heterocycles. The molecule has 2 N–H and O–H groups in total. The van der Waals surface area contributed by atoms with Crippen LogP contribution in [0.3, 0.4) is 0 Å². The highest BCUT2D eigenvalue weighted by atomic mass is 79.9. The number of rotatable bonds is 5. The Kier molecular flexibility index (Phi) is 5.58. The minimum absolute atomic E-state index is 0.0958. The Hall–Kier alpha value is -1.37.